The van der Waals surface area contributed by atoms with E-state index >= 15 is 0 Å². The summed E-state index contributed by atoms with van der Waals surface area (Å²) in [5.41, 5.74) is 1.86. The Morgan fingerprint density at radius 3 is 2.33 bits per heavy atom. The van der Waals surface area contributed by atoms with Crippen molar-refractivity contribution in [3.8, 4) is 0 Å². The van der Waals surface area contributed by atoms with Gasteiger partial charge in [-0.15, -0.1) is 0 Å². The van der Waals surface area contributed by atoms with E-state index in [0.29, 0.717) is 19.0 Å². The van der Waals surface area contributed by atoms with Gasteiger partial charge in [-0.3, -0.25) is 14.5 Å². The number of nitrogens with zero attached hydrogens (tertiary/aromatic N) is 2. The molecule has 148 valence electrons. The fourth-order valence-electron chi connectivity index (χ4n) is 4.48. The standard InChI is InChI=1S/C22H33N3O2/c1-16(2)23-21(26)20(18-8-4-5-9-18)24-11-13-25(14-12-24)22(27)19-10-6-7-17(3)15-19/h6-7,10,15-16,18,20H,4-5,8-9,11-14H2,1-3H3,(H,23,26)/t20-/m0/s1. The van der Waals surface area contributed by atoms with Gasteiger partial charge in [0.1, 0.15) is 0 Å². The summed E-state index contributed by atoms with van der Waals surface area (Å²) in [6, 6.07) is 7.89. The maximum Gasteiger partial charge on any atom is 0.253 e. The Morgan fingerprint density at radius 1 is 1.07 bits per heavy atom. The number of benzene rings is 1. The molecule has 0 bridgehead atoms. The van der Waals surface area contributed by atoms with Gasteiger partial charge in [-0.2, -0.15) is 0 Å². The van der Waals surface area contributed by atoms with Crippen LogP contribution in [0.25, 0.3) is 0 Å². The summed E-state index contributed by atoms with van der Waals surface area (Å²) in [6.45, 7) is 8.95. The van der Waals surface area contributed by atoms with Crippen LogP contribution in [0.5, 0.6) is 0 Å². The first-order valence-electron chi connectivity index (χ1n) is 10.4. The molecule has 2 fully saturated rings. The van der Waals surface area contributed by atoms with Gasteiger partial charge in [0.25, 0.3) is 5.91 Å². The molecule has 0 unspecified atom stereocenters. The lowest BCUT2D eigenvalue weighted by molar-refractivity contribution is -0.129. The Morgan fingerprint density at radius 2 is 1.74 bits per heavy atom. The van der Waals surface area contributed by atoms with Gasteiger partial charge < -0.3 is 10.2 Å². The normalized spacial score (nSPS) is 20.1. The fraction of sp³-hybridized carbons (Fsp3) is 0.636. The van der Waals surface area contributed by atoms with Crippen molar-refractivity contribution in [3.63, 3.8) is 0 Å². The zero-order chi connectivity index (χ0) is 19.4. The van der Waals surface area contributed by atoms with Gasteiger partial charge in [0.05, 0.1) is 6.04 Å². The Labute approximate surface area is 163 Å². The molecule has 1 aromatic carbocycles. The Hall–Kier alpha value is -1.88. The summed E-state index contributed by atoms with van der Waals surface area (Å²) in [7, 11) is 0. The van der Waals surface area contributed by atoms with Crippen molar-refractivity contribution < 1.29 is 9.59 Å². The Balaban J connectivity index is 1.64. The molecular weight excluding hydrogens is 338 g/mol. The summed E-state index contributed by atoms with van der Waals surface area (Å²) in [4.78, 5) is 29.9. The van der Waals surface area contributed by atoms with Crippen LogP contribution in [0, 0.1) is 12.8 Å². The monoisotopic (exact) mass is 371 g/mol. The van der Waals surface area contributed by atoms with Gasteiger partial charge in [0, 0.05) is 37.8 Å². The molecule has 1 aliphatic carbocycles. The number of rotatable bonds is 5. The molecule has 2 amide bonds. The highest BCUT2D eigenvalue weighted by molar-refractivity contribution is 5.94. The summed E-state index contributed by atoms with van der Waals surface area (Å²) in [6.07, 6.45) is 4.72. The number of carbonyl (C=O) groups is 2. The van der Waals surface area contributed by atoms with Crippen LogP contribution in [0.3, 0.4) is 0 Å². The van der Waals surface area contributed by atoms with Crippen LogP contribution >= 0.6 is 0 Å². The third kappa shape index (κ3) is 4.89. The average molecular weight is 372 g/mol. The first-order chi connectivity index (χ1) is 13.0. The fourth-order valence-corrected chi connectivity index (χ4v) is 4.48. The van der Waals surface area contributed by atoms with Gasteiger partial charge in [-0.25, -0.2) is 0 Å². The van der Waals surface area contributed by atoms with E-state index in [2.05, 4.69) is 10.2 Å². The van der Waals surface area contributed by atoms with Gasteiger partial charge in [0.15, 0.2) is 0 Å². The quantitative estimate of drug-likeness (QED) is 0.866. The molecule has 1 aromatic rings. The molecule has 27 heavy (non-hydrogen) atoms. The minimum atomic E-state index is -0.0499. The minimum absolute atomic E-state index is 0.0499. The Bertz CT molecular complexity index is 659. The van der Waals surface area contributed by atoms with Crippen LogP contribution < -0.4 is 5.32 Å². The van der Waals surface area contributed by atoms with Crippen molar-refractivity contribution in [3.05, 3.63) is 35.4 Å². The molecule has 1 atom stereocenters. The van der Waals surface area contributed by atoms with E-state index in [1.165, 1.54) is 12.8 Å². The SMILES string of the molecule is Cc1cccc(C(=O)N2CCN([C@H](C(=O)NC(C)C)C3CCCC3)CC2)c1. The molecule has 1 saturated carbocycles. The maximum atomic E-state index is 12.9. The highest BCUT2D eigenvalue weighted by Crippen LogP contribution is 2.31. The van der Waals surface area contributed by atoms with E-state index in [1.54, 1.807) is 0 Å². The van der Waals surface area contributed by atoms with Crippen LogP contribution in [-0.4, -0.2) is 59.9 Å². The minimum Gasteiger partial charge on any atom is -0.353 e. The lowest BCUT2D eigenvalue weighted by Crippen LogP contribution is -2.58. The summed E-state index contributed by atoms with van der Waals surface area (Å²) >= 11 is 0. The van der Waals surface area contributed by atoms with Crippen molar-refractivity contribution in [1.82, 2.24) is 15.1 Å². The molecule has 2 aliphatic rings. The molecule has 5 nitrogen and oxygen atoms in total. The number of hydrogen-bond donors (Lipinski definition) is 1. The number of piperazine rings is 1. The lowest BCUT2D eigenvalue weighted by atomic mass is 9.94. The molecule has 1 saturated heterocycles. The third-order valence-corrected chi connectivity index (χ3v) is 5.81. The molecule has 0 radical (unpaired) electrons. The maximum absolute atomic E-state index is 12.9. The smallest absolute Gasteiger partial charge is 0.253 e. The number of nitrogens with one attached hydrogen (secondary N) is 1. The highest BCUT2D eigenvalue weighted by Gasteiger charge is 2.37. The summed E-state index contributed by atoms with van der Waals surface area (Å²) in [5, 5.41) is 3.12. The number of hydrogen-bond acceptors (Lipinski definition) is 3. The van der Waals surface area contributed by atoms with E-state index in [4.69, 9.17) is 0 Å². The van der Waals surface area contributed by atoms with Crippen LogP contribution in [0.4, 0.5) is 0 Å². The topological polar surface area (TPSA) is 52.7 Å². The summed E-state index contributed by atoms with van der Waals surface area (Å²) < 4.78 is 0. The second kappa shape index (κ2) is 8.87. The van der Waals surface area contributed by atoms with Crippen LogP contribution in [0.1, 0.15) is 55.5 Å². The highest BCUT2D eigenvalue weighted by atomic mass is 16.2. The van der Waals surface area contributed by atoms with Crippen LogP contribution in [-0.2, 0) is 4.79 Å². The van der Waals surface area contributed by atoms with Gasteiger partial charge in [-0.05, 0) is 51.7 Å². The van der Waals surface area contributed by atoms with E-state index in [1.807, 2.05) is 49.9 Å². The molecule has 1 heterocycles. The molecule has 0 spiro atoms. The van der Waals surface area contributed by atoms with E-state index < -0.39 is 0 Å². The van der Waals surface area contributed by atoms with Crippen LogP contribution in [0.2, 0.25) is 0 Å². The molecule has 1 aliphatic heterocycles. The summed E-state index contributed by atoms with van der Waals surface area (Å²) in [5.74, 6) is 0.709. The van der Waals surface area contributed by atoms with Gasteiger partial charge in [-0.1, -0.05) is 30.5 Å². The average Bonchev–Trinajstić information content (AvgIpc) is 3.15. The van der Waals surface area contributed by atoms with E-state index in [-0.39, 0.29) is 23.9 Å². The van der Waals surface area contributed by atoms with Crippen molar-refractivity contribution in [2.24, 2.45) is 5.92 Å². The van der Waals surface area contributed by atoms with Crippen LogP contribution in [0.15, 0.2) is 24.3 Å². The van der Waals surface area contributed by atoms with E-state index in [9.17, 15) is 9.59 Å². The number of amides is 2. The number of aryl methyl sites for hydroxylation is 1. The third-order valence-electron chi connectivity index (χ3n) is 5.81. The van der Waals surface area contributed by atoms with Crippen molar-refractivity contribution in [1.29, 1.82) is 0 Å². The second-order valence-electron chi connectivity index (χ2n) is 8.35. The zero-order valence-corrected chi connectivity index (χ0v) is 16.9. The van der Waals surface area contributed by atoms with Crippen molar-refractivity contribution >= 4 is 11.8 Å². The molecule has 3 rings (SSSR count). The largest absolute Gasteiger partial charge is 0.353 e. The second-order valence-corrected chi connectivity index (χ2v) is 8.35. The van der Waals surface area contributed by atoms with Crippen molar-refractivity contribution in [2.75, 3.05) is 26.2 Å². The zero-order valence-electron chi connectivity index (χ0n) is 16.9. The first-order valence-corrected chi connectivity index (χ1v) is 10.4. The predicted octanol–water partition coefficient (Wildman–Crippen LogP) is 2.84. The van der Waals surface area contributed by atoms with Gasteiger partial charge >= 0.3 is 0 Å². The first kappa shape index (κ1) is 19.9. The molecule has 0 aromatic heterocycles. The predicted molar refractivity (Wildman–Crippen MR) is 108 cm³/mol. The molecule has 5 heteroatoms. The van der Waals surface area contributed by atoms with E-state index in [0.717, 1.165) is 37.1 Å². The van der Waals surface area contributed by atoms with Crippen molar-refractivity contribution in [2.45, 2.75) is 58.5 Å². The molecular formula is C22H33N3O2. The number of carbonyl (C=O) groups excluding carboxylic acids is 2. The molecule has 1 N–H and O–H groups in total. The lowest BCUT2D eigenvalue weighted by Gasteiger charge is -2.41. The van der Waals surface area contributed by atoms with Gasteiger partial charge in [0.2, 0.25) is 5.91 Å². The Kier molecular flexibility index (Phi) is 6.53.